The molecule has 2 heterocycles. The molecule has 4 heteroatoms. The number of nitrogens with zero attached hydrogens (tertiary/aromatic N) is 1. The van der Waals surface area contributed by atoms with E-state index >= 15 is 0 Å². The quantitative estimate of drug-likeness (QED) is 0.933. The topological polar surface area (TPSA) is 53.2 Å². The lowest BCUT2D eigenvalue weighted by molar-refractivity contribution is -0.132. The van der Waals surface area contributed by atoms with Crippen molar-refractivity contribution in [3.63, 3.8) is 0 Å². The van der Waals surface area contributed by atoms with Crippen LogP contribution in [0.25, 0.3) is 10.9 Å². The molecule has 0 unspecified atom stereocenters. The number of benzene rings is 1. The summed E-state index contributed by atoms with van der Waals surface area (Å²) in [6.07, 6.45) is 4.33. The third-order valence-electron chi connectivity index (χ3n) is 4.93. The summed E-state index contributed by atoms with van der Waals surface area (Å²) < 4.78 is 0. The molecule has 0 atom stereocenters. The minimum Gasteiger partial charge on any atom is -0.343 e. The van der Waals surface area contributed by atoms with Crippen LogP contribution in [0.1, 0.15) is 56.6 Å². The molecule has 1 aromatic heterocycles. The van der Waals surface area contributed by atoms with E-state index in [0.717, 1.165) is 36.8 Å². The molecule has 0 saturated carbocycles. The number of rotatable bonds is 4. The summed E-state index contributed by atoms with van der Waals surface area (Å²) in [5.41, 5.74) is 2.74. The molecule has 128 valence electrons. The second-order valence-corrected chi connectivity index (χ2v) is 7.07. The fraction of sp³-hybridized carbons (Fsp3) is 0.500. The Kier molecular flexibility index (Phi) is 5.03. The Morgan fingerprint density at radius 1 is 1.17 bits per heavy atom. The van der Waals surface area contributed by atoms with Gasteiger partial charge in [-0.05, 0) is 60.7 Å². The molecular formula is C20H26N2O2. The number of nitrogens with one attached hydrogen (secondary N) is 1. The fourth-order valence-corrected chi connectivity index (χ4v) is 3.36. The number of aryl methyl sites for hydroxylation is 1. The highest BCUT2D eigenvalue weighted by atomic mass is 16.2. The smallest absolute Gasteiger partial charge is 0.251 e. The number of piperidine rings is 1. The molecule has 0 bridgehead atoms. The summed E-state index contributed by atoms with van der Waals surface area (Å²) in [5.74, 6) is 0.621. The maximum atomic E-state index is 12.3. The number of carbonyl (C=O) groups excluding carboxylic acids is 1. The Morgan fingerprint density at radius 2 is 1.92 bits per heavy atom. The molecule has 4 nitrogen and oxygen atoms in total. The predicted molar refractivity (Wildman–Crippen MR) is 97.4 cm³/mol. The van der Waals surface area contributed by atoms with Crippen LogP contribution in [-0.2, 0) is 11.2 Å². The number of hydrogen-bond donors (Lipinski definition) is 1. The van der Waals surface area contributed by atoms with Crippen molar-refractivity contribution in [1.29, 1.82) is 0 Å². The Bertz CT molecular complexity index is 786. The largest absolute Gasteiger partial charge is 0.343 e. The van der Waals surface area contributed by atoms with Crippen LogP contribution in [0.2, 0.25) is 0 Å². The van der Waals surface area contributed by atoms with Crippen LogP contribution in [0.4, 0.5) is 0 Å². The van der Waals surface area contributed by atoms with Gasteiger partial charge in [-0.1, -0.05) is 19.9 Å². The number of aromatic amines is 1. The van der Waals surface area contributed by atoms with Crippen molar-refractivity contribution in [2.75, 3.05) is 13.1 Å². The van der Waals surface area contributed by atoms with Gasteiger partial charge in [-0.15, -0.1) is 0 Å². The van der Waals surface area contributed by atoms with E-state index in [1.807, 2.05) is 17.0 Å². The Labute approximate surface area is 142 Å². The van der Waals surface area contributed by atoms with Gasteiger partial charge in [0.05, 0.1) is 0 Å². The molecule has 1 aromatic carbocycles. The molecule has 24 heavy (non-hydrogen) atoms. The Balaban J connectivity index is 1.77. The number of H-pyrrole nitrogens is 1. The van der Waals surface area contributed by atoms with E-state index in [1.54, 1.807) is 0 Å². The van der Waals surface area contributed by atoms with E-state index in [-0.39, 0.29) is 11.5 Å². The van der Waals surface area contributed by atoms with Crippen molar-refractivity contribution in [3.05, 3.63) is 45.7 Å². The average molecular weight is 326 g/mol. The maximum Gasteiger partial charge on any atom is 0.251 e. The van der Waals surface area contributed by atoms with Crippen LogP contribution in [0.15, 0.2) is 29.1 Å². The molecule has 1 aliphatic rings. The molecule has 0 radical (unpaired) electrons. The number of likely N-dealkylation sites (tertiary alicyclic amines) is 1. The van der Waals surface area contributed by atoms with Gasteiger partial charge in [-0.2, -0.15) is 0 Å². The summed E-state index contributed by atoms with van der Waals surface area (Å²) in [4.78, 5) is 29.5. The number of pyridine rings is 1. The normalized spacial score (nSPS) is 15.2. The van der Waals surface area contributed by atoms with Crippen molar-refractivity contribution >= 4 is 16.8 Å². The van der Waals surface area contributed by atoms with Crippen molar-refractivity contribution in [2.24, 2.45) is 0 Å². The molecule has 1 saturated heterocycles. The van der Waals surface area contributed by atoms with E-state index in [1.165, 1.54) is 12.0 Å². The highest BCUT2D eigenvalue weighted by Crippen LogP contribution is 2.20. The second kappa shape index (κ2) is 7.20. The summed E-state index contributed by atoms with van der Waals surface area (Å²) >= 11 is 0. The van der Waals surface area contributed by atoms with Gasteiger partial charge in [0.1, 0.15) is 0 Å². The van der Waals surface area contributed by atoms with E-state index in [4.69, 9.17) is 0 Å². The SMILES string of the molecule is CC(C)c1ccc2[nH]c(=O)c(CCC(=O)N3CCCCC3)cc2c1. The molecule has 1 N–H and O–H groups in total. The Morgan fingerprint density at radius 3 is 2.62 bits per heavy atom. The van der Waals surface area contributed by atoms with Crippen LogP contribution in [-0.4, -0.2) is 28.9 Å². The highest BCUT2D eigenvalue weighted by molar-refractivity contribution is 5.80. The molecule has 3 rings (SSSR count). The van der Waals surface area contributed by atoms with Crippen LogP contribution < -0.4 is 5.56 Å². The monoisotopic (exact) mass is 326 g/mol. The zero-order valence-electron chi connectivity index (χ0n) is 14.6. The lowest BCUT2D eigenvalue weighted by Gasteiger charge is -2.26. The Hall–Kier alpha value is -2.10. The first kappa shape index (κ1) is 16.7. The minimum atomic E-state index is -0.0776. The zero-order chi connectivity index (χ0) is 17.1. The van der Waals surface area contributed by atoms with Crippen molar-refractivity contribution in [3.8, 4) is 0 Å². The molecule has 2 aromatic rings. The third kappa shape index (κ3) is 3.69. The van der Waals surface area contributed by atoms with Gasteiger partial charge in [0.2, 0.25) is 5.91 Å². The second-order valence-electron chi connectivity index (χ2n) is 7.07. The summed E-state index contributed by atoms with van der Waals surface area (Å²) in [6, 6.07) is 8.10. The van der Waals surface area contributed by atoms with Crippen molar-refractivity contribution in [2.45, 2.75) is 51.9 Å². The first-order valence-electron chi connectivity index (χ1n) is 8.98. The van der Waals surface area contributed by atoms with Crippen LogP contribution >= 0.6 is 0 Å². The van der Waals surface area contributed by atoms with Gasteiger partial charge >= 0.3 is 0 Å². The summed E-state index contributed by atoms with van der Waals surface area (Å²) in [7, 11) is 0. The van der Waals surface area contributed by atoms with Gasteiger partial charge in [0.25, 0.3) is 5.56 Å². The van der Waals surface area contributed by atoms with Gasteiger partial charge < -0.3 is 9.88 Å². The fourth-order valence-electron chi connectivity index (χ4n) is 3.36. The van der Waals surface area contributed by atoms with E-state index in [0.29, 0.717) is 24.3 Å². The number of amides is 1. The standard InChI is InChI=1S/C20H26N2O2/c1-14(2)15-6-8-18-17(12-15)13-16(20(24)21-18)7-9-19(23)22-10-4-3-5-11-22/h6,8,12-14H,3-5,7,9-11H2,1-2H3,(H,21,24). The summed E-state index contributed by atoms with van der Waals surface area (Å²) in [5, 5.41) is 1.04. The molecular weight excluding hydrogens is 300 g/mol. The predicted octanol–water partition coefficient (Wildman–Crippen LogP) is 3.60. The third-order valence-corrected chi connectivity index (χ3v) is 4.93. The highest BCUT2D eigenvalue weighted by Gasteiger charge is 2.16. The van der Waals surface area contributed by atoms with Gasteiger partial charge in [-0.25, -0.2) is 0 Å². The van der Waals surface area contributed by atoms with E-state index < -0.39 is 0 Å². The van der Waals surface area contributed by atoms with Gasteiger partial charge in [-0.3, -0.25) is 9.59 Å². The van der Waals surface area contributed by atoms with Crippen LogP contribution in [0.5, 0.6) is 0 Å². The number of carbonyl (C=O) groups is 1. The lowest BCUT2D eigenvalue weighted by Crippen LogP contribution is -2.35. The minimum absolute atomic E-state index is 0.0776. The van der Waals surface area contributed by atoms with Crippen LogP contribution in [0, 0.1) is 0 Å². The van der Waals surface area contributed by atoms with Crippen molar-refractivity contribution < 1.29 is 4.79 Å². The first-order valence-corrected chi connectivity index (χ1v) is 8.98. The maximum absolute atomic E-state index is 12.3. The molecule has 1 aliphatic heterocycles. The van der Waals surface area contributed by atoms with Crippen molar-refractivity contribution in [1.82, 2.24) is 9.88 Å². The zero-order valence-corrected chi connectivity index (χ0v) is 14.6. The lowest BCUT2D eigenvalue weighted by atomic mass is 10.00. The van der Waals surface area contributed by atoms with E-state index in [2.05, 4.69) is 31.0 Å². The summed E-state index contributed by atoms with van der Waals surface area (Å²) in [6.45, 7) is 6.05. The van der Waals surface area contributed by atoms with Gasteiger partial charge in [0.15, 0.2) is 0 Å². The van der Waals surface area contributed by atoms with Crippen LogP contribution in [0.3, 0.4) is 0 Å². The van der Waals surface area contributed by atoms with E-state index in [9.17, 15) is 9.59 Å². The molecule has 1 amide bonds. The molecule has 1 fully saturated rings. The first-order chi connectivity index (χ1) is 11.5. The molecule has 0 aliphatic carbocycles. The number of aromatic nitrogens is 1. The molecule has 0 spiro atoms. The number of hydrogen-bond acceptors (Lipinski definition) is 2. The number of fused-ring (bicyclic) bond motifs is 1. The van der Waals surface area contributed by atoms with Gasteiger partial charge in [0, 0.05) is 30.6 Å². The average Bonchev–Trinajstić information content (AvgIpc) is 2.60.